The van der Waals surface area contributed by atoms with Crippen molar-refractivity contribution in [3.63, 3.8) is 0 Å². The predicted molar refractivity (Wildman–Crippen MR) is 133 cm³/mol. The van der Waals surface area contributed by atoms with Crippen LogP contribution in [0.1, 0.15) is 49.0 Å². The van der Waals surface area contributed by atoms with Crippen LogP contribution in [0.15, 0.2) is 76.2 Å². The van der Waals surface area contributed by atoms with E-state index in [-0.39, 0.29) is 16.2 Å². The van der Waals surface area contributed by atoms with Crippen LogP contribution < -0.4 is 0 Å². The third-order valence-corrected chi connectivity index (χ3v) is 7.40. The second-order valence-electron chi connectivity index (χ2n) is 9.82. The Morgan fingerprint density at radius 1 is 0.943 bits per heavy atom. The highest BCUT2D eigenvalue weighted by molar-refractivity contribution is 7.90. The number of aryl methyl sites for hydroxylation is 1. The summed E-state index contributed by atoms with van der Waals surface area (Å²) in [5.74, 6) is 0.953. The van der Waals surface area contributed by atoms with Gasteiger partial charge in [-0.25, -0.2) is 13.1 Å². The lowest BCUT2D eigenvalue weighted by Crippen LogP contribution is -2.25. The molecule has 0 N–H and O–H groups in total. The Balaban J connectivity index is 1.54. The lowest BCUT2D eigenvalue weighted by atomic mass is 9.87. The van der Waals surface area contributed by atoms with Crippen molar-refractivity contribution in [1.82, 2.24) is 25.1 Å². The summed E-state index contributed by atoms with van der Waals surface area (Å²) in [6.45, 7) is 10.0. The fourth-order valence-electron chi connectivity index (χ4n) is 3.78. The molecule has 0 radical (unpaired) electrons. The summed E-state index contributed by atoms with van der Waals surface area (Å²) in [7, 11) is -3.60. The molecule has 184 valence electrons. The highest BCUT2D eigenvalue weighted by atomic mass is 32.2. The van der Waals surface area contributed by atoms with Gasteiger partial charge in [-0.1, -0.05) is 62.7 Å². The highest BCUT2D eigenvalue weighted by Gasteiger charge is 2.21. The molecule has 8 nitrogen and oxygen atoms in total. The third kappa shape index (κ3) is 6.43. The van der Waals surface area contributed by atoms with Crippen LogP contribution in [0.2, 0.25) is 0 Å². The minimum atomic E-state index is -3.60. The standard InChI is InChI=1S/C26H31N5O3S/c1-20-7-13-24(14-8-20)35(32,33)19-31-25(27-28-29-31)18-30(17-23-6-5-15-34-23)16-21-9-11-22(12-10-21)26(2,3)4/h5-15H,16-19H2,1-4H3. The van der Waals surface area contributed by atoms with E-state index in [2.05, 4.69) is 65.5 Å². The molecular formula is C26H31N5O3S. The van der Waals surface area contributed by atoms with Crippen molar-refractivity contribution >= 4 is 9.84 Å². The summed E-state index contributed by atoms with van der Waals surface area (Å²) in [6, 6.07) is 19.1. The number of benzene rings is 2. The summed E-state index contributed by atoms with van der Waals surface area (Å²) in [5, 5.41) is 11.9. The molecule has 0 aliphatic heterocycles. The van der Waals surface area contributed by atoms with Gasteiger partial charge in [-0.2, -0.15) is 0 Å². The molecule has 9 heteroatoms. The topological polar surface area (TPSA) is 94.1 Å². The smallest absolute Gasteiger partial charge is 0.198 e. The second kappa shape index (κ2) is 10.1. The molecule has 0 saturated heterocycles. The molecule has 0 atom stereocenters. The van der Waals surface area contributed by atoms with Crippen LogP contribution in [0, 0.1) is 6.92 Å². The Bertz CT molecular complexity index is 1340. The Morgan fingerprint density at radius 2 is 1.66 bits per heavy atom. The maximum Gasteiger partial charge on any atom is 0.198 e. The van der Waals surface area contributed by atoms with Gasteiger partial charge in [-0.15, -0.1) is 5.10 Å². The number of tetrazole rings is 1. The van der Waals surface area contributed by atoms with E-state index in [0.29, 0.717) is 25.5 Å². The van der Waals surface area contributed by atoms with Crippen molar-refractivity contribution in [2.45, 2.75) is 63.5 Å². The van der Waals surface area contributed by atoms with E-state index in [1.54, 1.807) is 30.5 Å². The molecule has 35 heavy (non-hydrogen) atoms. The molecule has 0 unspecified atom stereocenters. The van der Waals surface area contributed by atoms with E-state index < -0.39 is 9.84 Å². The van der Waals surface area contributed by atoms with Crippen molar-refractivity contribution < 1.29 is 12.8 Å². The fraction of sp³-hybridized carbons (Fsp3) is 0.346. The molecule has 0 spiro atoms. The van der Waals surface area contributed by atoms with Gasteiger partial charge in [0.1, 0.15) is 5.76 Å². The van der Waals surface area contributed by atoms with E-state index >= 15 is 0 Å². The van der Waals surface area contributed by atoms with E-state index in [9.17, 15) is 8.42 Å². The summed E-state index contributed by atoms with van der Waals surface area (Å²) in [5.41, 5.74) is 3.48. The van der Waals surface area contributed by atoms with Gasteiger partial charge in [0, 0.05) is 6.54 Å². The first-order valence-corrected chi connectivity index (χ1v) is 13.1. The summed E-state index contributed by atoms with van der Waals surface area (Å²) in [4.78, 5) is 2.38. The Labute approximate surface area is 206 Å². The predicted octanol–water partition coefficient (Wildman–Crippen LogP) is 4.51. The molecule has 0 aliphatic carbocycles. The van der Waals surface area contributed by atoms with E-state index in [4.69, 9.17) is 4.42 Å². The van der Waals surface area contributed by atoms with Gasteiger partial charge in [-0.05, 0) is 58.2 Å². The van der Waals surface area contributed by atoms with Gasteiger partial charge in [0.15, 0.2) is 21.5 Å². The average Bonchev–Trinajstić information content (AvgIpc) is 3.46. The number of aromatic nitrogens is 4. The normalized spacial score (nSPS) is 12.4. The molecule has 0 fully saturated rings. The second-order valence-corrected chi connectivity index (χ2v) is 11.8. The van der Waals surface area contributed by atoms with Crippen LogP contribution in [0.3, 0.4) is 0 Å². The van der Waals surface area contributed by atoms with Gasteiger partial charge < -0.3 is 4.42 Å². The SMILES string of the molecule is Cc1ccc(S(=O)(=O)Cn2nnnc2CN(Cc2ccc(C(C)(C)C)cc2)Cc2ccco2)cc1. The molecule has 4 aromatic rings. The van der Waals surface area contributed by atoms with Gasteiger partial charge >= 0.3 is 0 Å². The molecule has 0 saturated carbocycles. The maximum absolute atomic E-state index is 13.0. The molecular weight excluding hydrogens is 462 g/mol. The molecule has 0 aliphatic rings. The first-order valence-electron chi connectivity index (χ1n) is 11.5. The zero-order valence-electron chi connectivity index (χ0n) is 20.5. The van der Waals surface area contributed by atoms with Crippen LogP contribution >= 0.6 is 0 Å². The number of furan rings is 1. The fourth-order valence-corrected chi connectivity index (χ4v) is 5.00. The average molecular weight is 494 g/mol. The van der Waals surface area contributed by atoms with E-state index in [1.165, 1.54) is 10.2 Å². The highest BCUT2D eigenvalue weighted by Crippen LogP contribution is 2.23. The number of nitrogens with zero attached hydrogens (tertiary/aromatic N) is 5. The first kappa shape index (κ1) is 24.8. The zero-order chi connectivity index (χ0) is 25.1. The number of rotatable bonds is 9. The van der Waals surface area contributed by atoms with Gasteiger partial charge in [0.05, 0.1) is 24.2 Å². The van der Waals surface area contributed by atoms with E-state index in [1.807, 2.05) is 19.1 Å². The number of hydrogen-bond acceptors (Lipinski definition) is 7. The molecule has 2 aromatic carbocycles. The van der Waals surface area contributed by atoms with Crippen LogP contribution in [-0.4, -0.2) is 33.5 Å². The Hall–Kier alpha value is -3.30. The lowest BCUT2D eigenvalue weighted by Gasteiger charge is -2.22. The number of sulfone groups is 1. The van der Waals surface area contributed by atoms with Crippen LogP contribution in [0.5, 0.6) is 0 Å². The van der Waals surface area contributed by atoms with Crippen molar-refractivity contribution in [2.24, 2.45) is 0 Å². The molecule has 0 bridgehead atoms. The van der Waals surface area contributed by atoms with E-state index in [0.717, 1.165) is 16.9 Å². The summed E-state index contributed by atoms with van der Waals surface area (Å²) in [6.07, 6.45) is 1.64. The Kier molecular flexibility index (Phi) is 7.18. The Morgan fingerprint density at radius 3 is 2.29 bits per heavy atom. The van der Waals surface area contributed by atoms with Crippen LogP contribution in [0.25, 0.3) is 0 Å². The summed E-state index contributed by atoms with van der Waals surface area (Å²) >= 11 is 0. The number of hydrogen-bond donors (Lipinski definition) is 0. The molecule has 4 rings (SSSR count). The van der Waals surface area contributed by atoms with Crippen LogP contribution in [-0.2, 0) is 40.8 Å². The largest absolute Gasteiger partial charge is 0.468 e. The van der Waals surface area contributed by atoms with Gasteiger partial charge in [0.25, 0.3) is 0 Å². The van der Waals surface area contributed by atoms with Crippen LogP contribution in [0.4, 0.5) is 0 Å². The van der Waals surface area contributed by atoms with Gasteiger partial charge in [-0.3, -0.25) is 4.90 Å². The van der Waals surface area contributed by atoms with Crippen molar-refractivity contribution in [1.29, 1.82) is 0 Å². The lowest BCUT2D eigenvalue weighted by molar-refractivity contribution is 0.218. The molecule has 0 amide bonds. The van der Waals surface area contributed by atoms with Gasteiger partial charge in [0.2, 0.25) is 0 Å². The molecule has 2 heterocycles. The minimum absolute atomic E-state index is 0.0808. The van der Waals surface area contributed by atoms with Crippen molar-refractivity contribution in [3.05, 3.63) is 95.2 Å². The third-order valence-electron chi connectivity index (χ3n) is 5.83. The summed E-state index contributed by atoms with van der Waals surface area (Å²) < 4.78 is 32.8. The quantitative estimate of drug-likeness (QED) is 0.339. The molecule has 2 aromatic heterocycles. The zero-order valence-corrected chi connectivity index (χ0v) is 21.4. The van der Waals surface area contributed by atoms with Crippen molar-refractivity contribution in [3.8, 4) is 0 Å². The minimum Gasteiger partial charge on any atom is -0.468 e. The van der Waals surface area contributed by atoms with Crippen molar-refractivity contribution in [2.75, 3.05) is 0 Å². The maximum atomic E-state index is 13.0. The first-order chi connectivity index (χ1) is 16.6. The monoisotopic (exact) mass is 493 g/mol.